The highest BCUT2D eigenvalue weighted by molar-refractivity contribution is 7.48. The molecule has 1 aromatic carbocycles. The van der Waals surface area contributed by atoms with Gasteiger partial charge in [-0.3, -0.25) is 32.7 Å². The molecule has 0 amide bonds. The van der Waals surface area contributed by atoms with Crippen LogP contribution in [0.25, 0.3) is 0 Å². The summed E-state index contributed by atoms with van der Waals surface area (Å²) in [6.45, 7) is 1.49. The molecular weight excluding hydrogens is 522 g/mol. The molecule has 1 aliphatic rings. The van der Waals surface area contributed by atoms with E-state index >= 15 is 4.39 Å². The average Bonchev–Trinajstić information content (AvgIpc) is 3.00. The smallest absolute Gasteiger partial charge is 0.454 e. The van der Waals surface area contributed by atoms with Crippen LogP contribution in [0.1, 0.15) is 38.4 Å². The number of esters is 1. The average molecular weight is 549 g/mol. The molecule has 198 valence electrons. The van der Waals surface area contributed by atoms with Crippen molar-refractivity contribution in [2.24, 2.45) is 0 Å². The summed E-state index contributed by atoms with van der Waals surface area (Å²) < 4.78 is 56.9. The zero-order chi connectivity index (χ0) is 26.5. The van der Waals surface area contributed by atoms with Crippen LogP contribution in [0.4, 0.5) is 4.39 Å². The summed E-state index contributed by atoms with van der Waals surface area (Å²) in [6.07, 6.45) is -1.85. The van der Waals surface area contributed by atoms with Gasteiger partial charge in [0.25, 0.3) is 5.56 Å². The van der Waals surface area contributed by atoms with Crippen LogP contribution in [-0.4, -0.2) is 48.1 Å². The van der Waals surface area contributed by atoms with Crippen molar-refractivity contribution in [2.45, 2.75) is 50.8 Å². The van der Waals surface area contributed by atoms with Crippen LogP contribution < -0.4 is 11.2 Å². The van der Waals surface area contributed by atoms with Crippen molar-refractivity contribution in [3.8, 4) is 0 Å². The van der Waals surface area contributed by atoms with E-state index < -0.39 is 55.8 Å². The van der Waals surface area contributed by atoms with Crippen LogP contribution in [0.2, 0.25) is 5.02 Å². The monoisotopic (exact) mass is 548 g/mol. The summed E-state index contributed by atoms with van der Waals surface area (Å²) in [6, 6.07) is 7.78. The number of hydrogen-bond donors (Lipinski definition) is 1. The molecular formula is C22H27ClFN2O9P. The van der Waals surface area contributed by atoms with Crippen LogP contribution in [0.5, 0.6) is 0 Å². The molecule has 0 radical (unpaired) electrons. The normalized spacial score (nSPS) is 23.8. The largest absolute Gasteiger partial charge is 0.475 e. The van der Waals surface area contributed by atoms with Gasteiger partial charge < -0.3 is 9.47 Å². The quantitative estimate of drug-likeness (QED) is 0.369. The van der Waals surface area contributed by atoms with Crippen LogP contribution >= 0.6 is 19.4 Å². The number of benzene rings is 1. The first-order chi connectivity index (χ1) is 16.9. The van der Waals surface area contributed by atoms with Crippen molar-refractivity contribution in [3.05, 3.63) is 68.0 Å². The fourth-order valence-corrected chi connectivity index (χ4v) is 5.35. The fourth-order valence-electron chi connectivity index (χ4n) is 3.73. The van der Waals surface area contributed by atoms with Gasteiger partial charge in [-0.15, -0.1) is 0 Å². The van der Waals surface area contributed by atoms with Crippen LogP contribution in [0, 0.1) is 0 Å². The van der Waals surface area contributed by atoms with E-state index in [4.69, 9.17) is 34.6 Å². The van der Waals surface area contributed by atoms with E-state index in [0.717, 1.165) is 26.1 Å². The number of phosphoric acid groups is 1. The molecule has 14 heteroatoms. The Morgan fingerprint density at radius 3 is 2.78 bits per heavy atom. The molecule has 0 aliphatic carbocycles. The van der Waals surface area contributed by atoms with E-state index in [1.807, 2.05) is 4.98 Å². The second-order valence-electron chi connectivity index (χ2n) is 8.18. The third-order valence-corrected chi connectivity index (χ3v) is 7.19. The van der Waals surface area contributed by atoms with Crippen molar-refractivity contribution in [1.29, 1.82) is 0 Å². The molecule has 1 saturated heterocycles. The van der Waals surface area contributed by atoms with Gasteiger partial charge in [0.05, 0.1) is 19.3 Å². The number of H-pyrrole nitrogens is 1. The SMILES string of the molecule is CO[C@H](COP1(=O)OCCCC(c2cccc(Cl)c2)O1)[C@@H](OC(C)=O)[C@@](C)(F)n1ccc(=O)[nH]c1=O. The van der Waals surface area contributed by atoms with Crippen molar-refractivity contribution in [1.82, 2.24) is 9.55 Å². The molecule has 3 rings (SSSR count). The molecule has 1 aromatic heterocycles. The van der Waals surface area contributed by atoms with E-state index in [9.17, 15) is 18.9 Å². The molecule has 11 nitrogen and oxygen atoms in total. The van der Waals surface area contributed by atoms with Crippen molar-refractivity contribution in [3.63, 3.8) is 0 Å². The molecule has 2 heterocycles. The van der Waals surface area contributed by atoms with Gasteiger partial charge in [-0.2, -0.15) is 0 Å². The van der Waals surface area contributed by atoms with Gasteiger partial charge in [0.1, 0.15) is 6.10 Å². The lowest BCUT2D eigenvalue weighted by molar-refractivity contribution is -0.184. The molecule has 1 aliphatic heterocycles. The Labute approximate surface area is 211 Å². The fraction of sp³-hybridized carbons (Fsp3) is 0.500. The maximum Gasteiger partial charge on any atom is 0.475 e. The number of ether oxygens (including phenoxy) is 2. The first kappa shape index (κ1) is 28.2. The van der Waals surface area contributed by atoms with Gasteiger partial charge >= 0.3 is 19.5 Å². The van der Waals surface area contributed by atoms with Crippen molar-refractivity contribution < 1.29 is 36.8 Å². The molecule has 5 atom stereocenters. The standard InChI is InChI=1S/C22H27ClFN2O9P/c1-14(27)34-20(22(2,24)26-10-9-19(28)25-21(26)29)18(31-3)13-33-36(30)32-11-5-8-17(35-36)15-6-4-7-16(23)12-15/h4,6-7,9-10,12,17-18,20H,5,8,11,13H2,1-3H3,(H,25,28,29)/t17?,18-,20-,22+,36?/m1/s1. The number of carbonyl (C=O) groups is 1. The number of halogens is 2. The number of carbonyl (C=O) groups excluding carboxylic acids is 1. The molecule has 0 saturated carbocycles. The van der Waals surface area contributed by atoms with E-state index in [-0.39, 0.29) is 6.61 Å². The minimum absolute atomic E-state index is 0.0764. The number of nitrogens with one attached hydrogen (secondary N) is 1. The third-order valence-electron chi connectivity index (χ3n) is 5.48. The Morgan fingerprint density at radius 1 is 1.39 bits per heavy atom. The van der Waals surface area contributed by atoms with Gasteiger partial charge in [0, 0.05) is 31.3 Å². The highest BCUT2D eigenvalue weighted by Crippen LogP contribution is 2.56. The highest BCUT2D eigenvalue weighted by atomic mass is 35.5. The van der Waals surface area contributed by atoms with E-state index in [1.54, 1.807) is 24.3 Å². The van der Waals surface area contributed by atoms with Crippen molar-refractivity contribution in [2.75, 3.05) is 20.3 Å². The zero-order valence-electron chi connectivity index (χ0n) is 19.8. The van der Waals surface area contributed by atoms with Gasteiger partial charge in [-0.05, 0) is 37.5 Å². The topological polar surface area (TPSA) is 135 Å². The molecule has 36 heavy (non-hydrogen) atoms. The highest BCUT2D eigenvalue weighted by Gasteiger charge is 2.47. The second kappa shape index (κ2) is 11.8. The maximum absolute atomic E-state index is 16.0. The number of rotatable bonds is 9. The number of nitrogens with zero attached hydrogens (tertiary/aromatic N) is 1. The van der Waals surface area contributed by atoms with E-state index in [0.29, 0.717) is 28.0 Å². The Bertz CT molecular complexity index is 1230. The Hall–Kier alpha value is -2.34. The van der Waals surface area contributed by atoms with Gasteiger partial charge in [0.2, 0.25) is 5.79 Å². The van der Waals surface area contributed by atoms with Gasteiger partial charge in [-0.25, -0.2) is 13.8 Å². The predicted molar refractivity (Wildman–Crippen MR) is 126 cm³/mol. The van der Waals surface area contributed by atoms with Crippen molar-refractivity contribution >= 4 is 25.4 Å². The Kier molecular flexibility index (Phi) is 9.26. The first-order valence-corrected chi connectivity index (χ1v) is 12.8. The molecule has 1 N–H and O–H groups in total. The zero-order valence-corrected chi connectivity index (χ0v) is 21.5. The minimum Gasteiger partial charge on any atom is -0.454 e. The third kappa shape index (κ3) is 6.90. The molecule has 2 aromatic rings. The van der Waals surface area contributed by atoms with Gasteiger partial charge in [0.15, 0.2) is 6.10 Å². The summed E-state index contributed by atoms with van der Waals surface area (Å²) in [5.74, 6) is -3.59. The Balaban J connectivity index is 1.84. The Morgan fingerprint density at radius 2 is 2.14 bits per heavy atom. The summed E-state index contributed by atoms with van der Waals surface area (Å²) in [7, 11) is -2.99. The lowest BCUT2D eigenvalue weighted by atomic mass is 10.0. The number of methoxy groups -OCH3 is 1. The number of hydrogen-bond acceptors (Lipinski definition) is 9. The second-order valence-corrected chi connectivity index (χ2v) is 10.2. The summed E-state index contributed by atoms with van der Waals surface area (Å²) in [5.41, 5.74) is -1.14. The number of aromatic nitrogens is 2. The summed E-state index contributed by atoms with van der Waals surface area (Å²) in [4.78, 5) is 37.4. The lowest BCUT2D eigenvalue weighted by Gasteiger charge is -2.35. The van der Waals surface area contributed by atoms with Crippen LogP contribution in [-0.2, 0) is 38.2 Å². The lowest BCUT2D eigenvalue weighted by Crippen LogP contribution is -2.54. The predicted octanol–water partition coefficient (Wildman–Crippen LogP) is 3.47. The first-order valence-electron chi connectivity index (χ1n) is 11.0. The molecule has 0 spiro atoms. The molecule has 1 fully saturated rings. The van der Waals surface area contributed by atoms with E-state index in [1.165, 1.54) is 7.11 Å². The number of alkyl halides is 1. The number of phosphoric ester groups is 1. The molecule has 2 unspecified atom stereocenters. The van der Waals surface area contributed by atoms with E-state index in [2.05, 4.69) is 0 Å². The summed E-state index contributed by atoms with van der Waals surface area (Å²) >= 11 is 6.06. The summed E-state index contributed by atoms with van der Waals surface area (Å²) in [5, 5.41) is 0.473. The number of aromatic amines is 1. The van der Waals surface area contributed by atoms with Gasteiger partial charge in [-0.1, -0.05) is 23.7 Å². The molecule has 0 bridgehead atoms. The van der Waals surface area contributed by atoms with Crippen LogP contribution in [0.3, 0.4) is 0 Å². The minimum atomic E-state index is -4.18. The van der Waals surface area contributed by atoms with Crippen LogP contribution in [0.15, 0.2) is 46.1 Å². The maximum atomic E-state index is 16.0.